The molecular formula is C8H19N3O3S. The van der Waals surface area contributed by atoms with Crippen molar-refractivity contribution in [2.45, 2.75) is 19.4 Å². The fourth-order valence-electron chi connectivity index (χ4n) is 1.37. The maximum absolute atomic E-state index is 11.7. The molecule has 0 aliphatic carbocycles. The number of hydrogen-bond acceptors (Lipinski definition) is 4. The fourth-order valence-corrected chi connectivity index (χ4v) is 2.59. The van der Waals surface area contributed by atoms with Gasteiger partial charge in [0.1, 0.15) is 0 Å². The van der Waals surface area contributed by atoms with Crippen molar-refractivity contribution in [3.63, 3.8) is 0 Å². The van der Waals surface area contributed by atoms with Crippen LogP contribution in [-0.4, -0.2) is 56.7 Å². The zero-order valence-corrected chi connectivity index (χ0v) is 9.76. The van der Waals surface area contributed by atoms with Gasteiger partial charge < -0.3 is 10.4 Å². The summed E-state index contributed by atoms with van der Waals surface area (Å²) in [4.78, 5) is 0. The Kier molecular flexibility index (Phi) is 4.94. The van der Waals surface area contributed by atoms with Crippen molar-refractivity contribution in [2.24, 2.45) is 0 Å². The van der Waals surface area contributed by atoms with Gasteiger partial charge in [0.15, 0.2) is 0 Å². The lowest BCUT2D eigenvalue weighted by Crippen LogP contribution is -2.50. The Balaban J connectivity index is 2.36. The van der Waals surface area contributed by atoms with Crippen molar-refractivity contribution in [1.82, 2.24) is 14.3 Å². The van der Waals surface area contributed by atoms with E-state index in [1.54, 1.807) is 6.92 Å². The van der Waals surface area contributed by atoms with E-state index in [0.29, 0.717) is 32.6 Å². The summed E-state index contributed by atoms with van der Waals surface area (Å²) >= 11 is 0. The van der Waals surface area contributed by atoms with Crippen LogP contribution in [0.15, 0.2) is 0 Å². The van der Waals surface area contributed by atoms with Gasteiger partial charge in [0.05, 0.1) is 6.10 Å². The second-order valence-electron chi connectivity index (χ2n) is 3.69. The summed E-state index contributed by atoms with van der Waals surface area (Å²) in [5, 5.41) is 12.1. The Morgan fingerprint density at radius 2 is 2.07 bits per heavy atom. The molecule has 3 N–H and O–H groups in total. The second kappa shape index (κ2) is 5.76. The van der Waals surface area contributed by atoms with Crippen molar-refractivity contribution < 1.29 is 13.5 Å². The molecule has 0 spiro atoms. The van der Waals surface area contributed by atoms with Gasteiger partial charge in [-0.15, -0.1) is 0 Å². The number of nitrogens with zero attached hydrogens (tertiary/aromatic N) is 1. The lowest BCUT2D eigenvalue weighted by Gasteiger charge is -2.26. The van der Waals surface area contributed by atoms with E-state index < -0.39 is 16.3 Å². The highest BCUT2D eigenvalue weighted by molar-refractivity contribution is 7.87. The third kappa shape index (κ3) is 4.43. The lowest BCUT2D eigenvalue weighted by molar-refractivity contribution is 0.186. The van der Waals surface area contributed by atoms with Crippen LogP contribution in [0, 0.1) is 0 Å². The SMILES string of the molecule is CC(O)CCNS(=O)(=O)N1CCNCC1. The van der Waals surface area contributed by atoms with Gasteiger partial charge in [-0.1, -0.05) is 0 Å². The normalized spacial score (nSPS) is 21.5. The number of rotatable bonds is 5. The predicted octanol–water partition coefficient (Wildman–Crippen LogP) is -1.50. The van der Waals surface area contributed by atoms with E-state index in [0.717, 1.165) is 0 Å². The summed E-state index contributed by atoms with van der Waals surface area (Å²) in [6, 6.07) is 0. The average Bonchev–Trinajstić information content (AvgIpc) is 2.18. The standard InChI is InChI=1S/C8H19N3O3S/c1-8(12)2-3-10-15(13,14)11-6-4-9-5-7-11/h8-10,12H,2-7H2,1H3. The lowest BCUT2D eigenvalue weighted by atomic mass is 10.3. The maximum atomic E-state index is 11.7. The predicted molar refractivity (Wildman–Crippen MR) is 57.7 cm³/mol. The zero-order valence-electron chi connectivity index (χ0n) is 8.94. The van der Waals surface area contributed by atoms with Gasteiger partial charge in [0.2, 0.25) is 0 Å². The largest absolute Gasteiger partial charge is 0.393 e. The summed E-state index contributed by atoms with van der Waals surface area (Å²) in [5.41, 5.74) is 0. The van der Waals surface area contributed by atoms with Gasteiger partial charge in [-0.05, 0) is 13.3 Å². The van der Waals surface area contributed by atoms with Gasteiger partial charge >= 0.3 is 0 Å². The van der Waals surface area contributed by atoms with Crippen LogP contribution in [0.2, 0.25) is 0 Å². The van der Waals surface area contributed by atoms with Crippen molar-refractivity contribution >= 4 is 10.2 Å². The van der Waals surface area contributed by atoms with Gasteiger partial charge in [-0.2, -0.15) is 12.7 Å². The molecule has 0 radical (unpaired) electrons. The monoisotopic (exact) mass is 237 g/mol. The van der Waals surface area contributed by atoms with E-state index in [1.807, 2.05) is 0 Å². The molecule has 15 heavy (non-hydrogen) atoms. The first kappa shape index (κ1) is 12.9. The minimum atomic E-state index is -3.35. The molecule has 1 atom stereocenters. The van der Waals surface area contributed by atoms with E-state index in [4.69, 9.17) is 5.11 Å². The average molecular weight is 237 g/mol. The molecule has 0 bridgehead atoms. The minimum Gasteiger partial charge on any atom is -0.393 e. The van der Waals surface area contributed by atoms with Crippen LogP contribution in [0.1, 0.15) is 13.3 Å². The molecule has 1 rings (SSSR count). The van der Waals surface area contributed by atoms with Gasteiger partial charge in [-0.25, -0.2) is 4.72 Å². The minimum absolute atomic E-state index is 0.282. The van der Waals surface area contributed by atoms with Crippen LogP contribution in [0.4, 0.5) is 0 Å². The summed E-state index contributed by atoms with van der Waals surface area (Å²) in [6.45, 7) is 4.31. The quantitative estimate of drug-likeness (QED) is 0.543. The highest BCUT2D eigenvalue weighted by atomic mass is 32.2. The van der Waals surface area contributed by atoms with Crippen LogP contribution in [0.5, 0.6) is 0 Å². The molecule has 0 saturated carbocycles. The molecule has 1 saturated heterocycles. The van der Waals surface area contributed by atoms with Crippen molar-refractivity contribution in [2.75, 3.05) is 32.7 Å². The van der Waals surface area contributed by atoms with Crippen LogP contribution in [0.25, 0.3) is 0 Å². The van der Waals surface area contributed by atoms with Gasteiger partial charge in [0.25, 0.3) is 10.2 Å². The van der Waals surface area contributed by atoms with Crippen LogP contribution in [-0.2, 0) is 10.2 Å². The molecule has 1 unspecified atom stereocenters. The highest BCUT2D eigenvalue weighted by Crippen LogP contribution is 2.00. The van der Waals surface area contributed by atoms with E-state index in [9.17, 15) is 8.42 Å². The van der Waals surface area contributed by atoms with Gasteiger partial charge in [-0.3, -0.25) is 0 Å². The summed E-state index contributed by atoms with van der Waals surface area (Å²) in [5.74, 6) is 0. The molecular weight excluding hydrogens is 218 g/mol. The molecule has 0 aromatic rings. The zero-order chi connectivity index (χ0) is 11.3. The van der Waals surface area contributed by atoms with Crippen LogP contribution >= 0.6 is 0 Å². The molecule has 1 heterocycles. The Morgan fingerprint density at radius 3 is 2.60 bits per heavy atom. The number of aliphatic hydroxyl groups excluding tert-OH is 1. The Labute approximate surface area is 90.8 Å². The van der Waals surface area contributed by atoms with Crippen molar-refractivity contribution in [3.8, 4) is 0 Å². The second-order valence-corrected chi connectivity index (χ2v) is 5.44. The molecule has 1 aliphatic rings. The molecule has 0 aromatic carbocycles. The van der Waals surface area contributed by atoms with Crippen LogP contribution < -0.4 is 10.0 Å². The molecule has 0 amide bonds. The summed E-state index contributed by atoms with van der Waals surface area (Å²) in [7, 11) is -3.35. The first-order valence-electron chi connectivity index (χ1n) is 5.16. The Hall–Kier alpha value is -0.210. The molecule has 1 aliphatic heterocycles. The highest BCUT2D eigenvalue weighted by Gasteiger charge is 2.22. The number of nitrogens with one attached hydrogen (secondary N) is 2. The van der Waals surface area contributed by atoms with Crippen molar-refractivity contribution in [1.29, 1.82) is 0 Å². The Morgan fingerprint density at radius 1 is 1.47 bits per heavy atom. The number of piperazine rings is 1. The summed E-state index contributed by atoms with van der Waals surface area (Å²) < 4.78 is 27.2. The first-order valence-corrected chi connectivity index (χ1v) is 6.60. The third-order valence-electron chi connectivity index (χ3n) is 2.26. The van der Waals surface area contributed by atoms with E-state index in [-0.39, 0.29) is 6.54 Å². The summed E-state index contributed by atoms with van der Waals surface area (Å²) in [6.07, 6.45) is -0.0403. The number of hydrogen-bond donors (Lipinski definition) is 3. The van der Waals surface area contributed by atoms with Crippen LogP contribution in [0.3, 0.4) is 0 Å². The molecule has 90 valence electrons. The molecule has 7 heteroatoms. The third-order valence-corrected chi connectivity index (χ3v) is 3.88. The molecule has 6 nitrogen and oxygen atoms in total. The maximum Gasteiger partial charge on any atom is 0.279 e. The smallest absolute Gasteiger partial charge is 0.279 e. The molecule has 1 fully saturated rings. The molecule has 0 aromatic heterocycles. The Bertz CT molecular complexity index is 273. The topological polar surface area (TPSA) is 81.7 Å². The fraction of sp³-hybridized carbons (Fsp3) is 1.00. The number of aliphatic hydroxyl groups is 1. The van der Waals surface area contributed by atoms with E-state index >= 15 is 0 Å². The van der Waals surface area contributed by atoms with E-state index in [1.165, 1.54) is 4.31 Å². The van der Waals surface area contributed by atoms with E-state index in [2.05, 4.69) is 10.0 Å². The van der Waals surface area contributed by atoms with Crippen molar-refractivity contribution in [3.05, 3.63) is 0 Å². The van der Waals surface area contributed by atoms with Gasteiger partial charge in [0, 0.05) is 32.7 Å². The first-order chi connectivity index (χ1) is 7.02.